The van der Waals surface area contributed by atoms with Crippen LogP contribution < -0.4 is 10.1 Å². The van der Waals surface area contributed by atoms with Crippen LogP contribution in [0.5, 0.6) is 5.75 Å². The number of benzene rings is 2. The topological polar surface area (TPSA) is 88.2 Å². The minimum atomic E-state index is -1.82. The van der Waals surface area contributed by atoms with Crippen LogP contribution >= 0.6 is 0 Å². The molecule has 2 aromatic rings. The molecule has 3 amide bonds. The van der Waals surface area contributed by atoms with Gasteiger partial charge in [-0.25, -0.2) is 0 Å². The van der Waals surface area contributed by atoms with Gasteiger partial charge < -0.3 is 14.4 Å². The van der Waals surface area contributed by atoms with E-state index < -0.39 is 29.0 Å². The summed E-state index contributed by atoms with van der Waals surface area (Å²) in [7, 11) is 12.4. The summed E-state index contributed by atoms with van der Waals surface area (Å²) >= 11 is 0. The van der Waals surface area contributed by atoms with Gasteiger partial charge in [-0.15, -0.1) is 0 Å². The summed E-state index contributed by atoms with van der Waals surface area (Å²) in [5.74, 6) is -2.17. The number of fused-ring (bicyclic) bond motifs is 1. The molecule has 4 radical (unpaired) electrons. The Hall–Kier alpha value is -3.10. The highest BCUT2D eigenvalue weighted by Crippen LogP contribution is 2.40. The molecule has 3 aliphatic rings. The highest BCUT2D eigenvalue weighted by molar-refractivity contribution is 6.38. The van der Waals surface area contributed by atoms with Gasteiger partial charge in [0, 0.05) is 37.2 Å². The van der Waals surface area contributed by atoms with Gasteiger partial charge in [0.15, 0.2) is 0 Å². The van der Waals surface area contributed by atoms with E-state index in [1.165, 1.54) is 10.5 Å². The molecule has 3 aliphatic heterocycles. The van der Waals surface area contributed by atoms with Crippen molar-refractivity contribution in [3.05, 3.63) is 64.7 Å². The Bertz CT molecular complexity index is 1150. The zero-order chi connectivity index (χ0) is 24.6. The van der Waals surface area contributed by atoms with Gasteiger partial charge >= 0.3 is 0 Å². The van der Waals surface area contributed by atoms with Crippen LogP contribution in [-0.4, -0.2) is 75.0 Å². The predicted molar refractivity (Wildman–Crippen MR) is 129 cm³/mol. The molecule has 0 bridgehead atoms. The van der Waals surface area contributed by atoms with Crippen LogP contribution in [0.2, 0.25) is 5.82 Å². The van der Waals surface area contributed by atoms with E-state index in [1.54, 1.807) is 18.2 Å². The maximum absolute atomic E-state index is 13.2. The molecule has 2 atom stereocenters. The van der Waals surface area contributed by atoms with Gasteiger partial charge in [0.25, 0.3) is 5.91 Å². The largest absolute Gasteiger partial charge is 0.489 e. The van der Waals surface area contributed by atoms with E-state index in [4.69, 9.17) is 25.2 Å². The summed E-state index contributed by atoms with van der Waals surface area (Å²) in [5, 5.41) is 2.20. The number of carbonyl (C=O) groups excluding carboxylic acids is 3. The number of imide groups is 1. The number of piperidine rings is 1. The van der Waals surface area contributed by atoms with Gasteiger partial charge in [0.1, 0.15) is 20.2 Å². The summed E-state index contributed by atoms with van der Waals surface area (Å²) in [6.45, 7) is 4.69. The number of nitrogens with zero attached hydrogens (tertiary/aromatic N) is 2. The number of hydrogen-bond donors (Lipinski definition) is 1. The maximum atomic E-state index is 13.2. The Labute approximate surface area is 206 Å². The average molecular weight is 469 g/mol. The lowest BCUT2D eigenvalue weighted by Gasteiger charge is -2.45. The molecule has 2 saturated heterocycles. The molecule has 0 saturated carbocycles. The molecule has 8 nitrogen and oxygen atoms in total. The van der Waals surface area contributed by atoms with Gasteiger partial charge in [-0.2, -0.15) is 0 Å². The third-order valence-corrected chi connectivity index (χ3v) is 6.89. The molecule has 0 aliphatic carbocycles. The van der Waals surface area contributed by atoms with E-state index >= 15 is 0 Å². The number of hydrogen-bond acceptors (Lipinski definition) is 6. The molecular weight excluding hydrogens is 444 g/mol. The monoisotopic (exact) mass is 469 g/mol. The molecule has 2 aromatic carbocycles. The van der Waals surface area contributed by atoms with Crippen molar-refractivity contribution >= 4 is 33.4 Å². The number of morpholine rings is 1. The first-order valence-corrected chi connectivity index (χ1v) is 11.7. The molecule has 35 heavy (non-hydrogen) atoms. The second kappa shape index (κ2) is 9.51. The number of rotatable bonds is 6. The van der Waals surface area contributed by atoms with Crippen LogP contribution in [0.3, 0.4) is 0 Å². The first-order chi connectivity index (χ1) is 16.9. The Morgan fingerprint density at radius 2 is 1.77 bits per heavy atom. The molecule has 2 unspecified atom stereocenters. The van der Waals surface area contributed by atoms with Crippen LogP contribution in [0.1, 0.15) is 33.5 Å². The number of ether oxygens (including phenoxy) is 2. The van der Waals surface area contributed by atoms with Crippen LogP contribution in [0.15, 0.2) is 42.5 Å². The van der Waals surface area contributed by atoms with Gasteiger partial charge in [0.2, 0.25) is 11.8 Å². The van der Waals surface area contributed by atoms with E-state index in [2.05, 4.69) is 22.3 Å². The van der Waals surface area contributed by atoms with E-state index in [0.717, 1.165) is 38.4 Å². The smallest absolute Gasteiger partial charge is 0.254 e. The molecule has 10 heteroatoms. The molecule has 176 valence electrons. The molecule has 0 aromatic heterocycles. The first-order valence-electron chi connectivity index (χ1n) is 11.7. The van der Waals surface area contributed by atoms with Crippen molar-refractivity contribution in [2.75, 3.05) is 26.3 Å². The van der Waals surface area contributed by atoms with E-state index in [1.807, 2.05) is 12.1 Å². The quantitative estimate of drug-likeness (QED) is 0.501. The lowest BCUT2D eigenvalue weighted by Crippen LogP contribution is -2.66. The fourth-order valence-corrected chi connectivity index (χ4v) is 4.78. The molecule has 2 fully saturated rings. The Morgan fingerprint density at radius 3 is 2.49 bits per heavy atom. The highest BCUT2D eigenvalue weighted by atomic mass is 16.5. The van der Waals surface area contributed by atoms with E-state index in [9.17, 15) is 14.4 Å². The third kappa shape index (κ3) is 4.48. The zero-order valence-electron chi connectivity index (χ0n) is 19.4. The molecule has 5 rings (SSSR count). The average Bonchev–Trinajstić information content (AvgIpc) is 3.20. The number of nitrogens with one attached hydrogen (secondary N) is 1. The molecule has 0 spiro atoms. The fraction of sp³-hybridized carbons (Fsp3) is 0.400. The fourth-order valence-electron chi connectivity index (χ4n) is 4.78. The van der Waals surface area contributed by atoms with Crippen molar-refractivity contribution in [2.24, 2.45) is 0 Å². The molecule has 3 heterocycles. The zero-order valence-corrected chi connectivity index (χ0v) is 19.4. The van der Waals surface area contributed by atoms with Gasteiger partial charge in [-0.1, -0.05) is 30.3 Å². The summed E-state index contributed by atoms with van der Waals surface area (Å²) in [4.78, 5) is 41.0. The van der Waals surface area contributed by atoms with Crippen molar-refractivity contribution in [3.8, 4) is 5.75 Å². The Morgan fingerprint density at radius 1 is 1.06 bits per heavy atom. The van der Waals surface area contributed by atoms with E-state index in [-0.39, 0.29) is 13.0 Å². The van der Waals surface area contributed by atoms with Crippen LogP contribution in [0.4, 0.5) is 0 Å². The van der Waals surface area contributed by atoms with Crippen molar-refractivity contribution in [1.29, 1.82) is 0 Å². The van der Waals surface area contributed by atoms with Crippen molar-refractivity contribution in [1.82, 2.24) is 15.1 Å². The van der Waals surface area contributed by atoms with Crippen LogP contribution in [0, 0.1) is 0 Å². The van der Waals surface area contributed by atoms with Gasteiger partial charge in [0.05, 0.1) is 33.0 Å². The minimum absolute atomic E-state index is 0.0641. The van der Waals surface area contributed by atoms with Crippen molar-refractivity contribution in [3.63, 3.8) is 0 Å². The normalized spacial score (nSPS) is 24.9. The first kappa shape index (κ1) is 23.6. The molecule has 1 N–H and O–H groups in total. The number of carbonyl (C=O) groups is 3. The van der Waals surface area contributed by atoms with Crippen molar-refractivity contribution in [2.45, 2.75) is 37.4 Å². The number of amides is 3. The van der Waals surface area contributed by atoms with Crippen LogP contribution in [-0.2, 0) is 34.0 Å². The SMILES string of the molecule is [B]C1CC(=O)NC(=O)C1([B])N1Cc2c(OCc3ccc(CN4CCOCC4)cc3)cccc2C1=O. The minimum Gasteiger partial charge on any atom is -0.489 e. The van der Waals surface area contributed by atoms with Crippen LogP contribution in [0.25, 0.3) is 0 Å². The lowest BCUT2D eigenvalue weighted by molar-refractivity contribution is -0.138. The summed E-state index contributed by atoms with van der Waals surface area (Å²) in [6.07, 6.45) is -0.146. The Kier molecular flexibility index (Phi) is 6.42. The van der Waals surface area contributed by atoms with Gasteiger partial charge in [-0.3, -0.25) is 24.6 Å². The maximum Gasteiger partial charge on any atom is 0.254 e. The summed E-state index contributed by atoms with van der Waals surface area (Å²) in [6, 6.07) is 13.5. The summed E-state index contributed by atoms with van der Waals surface area (Å²) in [5.41, 5.74) is 1.45. The Balaban J connectivity index is 1.27. The molecular formula is C25H25B2N3O5. The standard InChI is InChI=1S/C25H25B2N3O5/c26-21-12-22(31)28-24(33)25(21,27)30-14-19-18(23(30)32)2-1-3-20(19)35-15-17-6-4-16(5-7-17)13-29-8-10-34-11-9-29/h1-7,21H,8-15H2,(H,28,31,33). The summed E-state index contributed by atoms with van der Waals surface area (Å²) < 4.78 is 11.5. The second-order valence-electron chi connectivity index (χ2n) is 9.18. The van der Waals surface area contributed by atoms with Crippen molar-refractivity contribution < 1.29 is 23.9 Å². The third-order valence-electron chi connectivity index (χ3n) is 6.89. The van der Waals surface area contributed by atoms with Gasteiger partial charge in [-0.05, 0) is 29.1 Å². The van der Waals surface area contributed by atoms with E-state index in [0.29, 0.717) is 23.5 Å². The second-order valence-corrected chi connectivity index (χ2v) is 9.18. The predicted octanol–water partition coefficient (Wildman–Crippen LogP) is 0.922. The highest BCUT2D eigenvalue weighted by Gasteiger charge is 2.51. The lowest BCUT2D eigenvalue weighted by atomic mass is 9.56.